The zero-order valence-corrected chi connectivity index (χ0v) is 11.4. The highest BCUT2D eigenvalue weighted by molar-refractivity contribution is 5.30. The zero-order valence-electron chi connectivity index (χ0n) is 11.4. The standard InChI is InChI=1S/C15H23N3/c1-3-5-7-13(4-2)11-17-12-14-8-6-9-18-15(14)10-16/h6,8-9,13,17H,3-5,7,11-12H2,1-2H3. The van der Waals surface area contributed by atoms with Gasteiger partial charge in [-0.1, -0.05) is 39.2 Å². The molecule has 0 aromatic carbocycles. The van der Waals surface area contributed by atoms with Crippen molar-refractivity contribution in [3.05, 3.63) is 29.6 Å². The summed E-state index contributed by atoms with van der Waals surface area (Å²) in [6, 6.07) is 5.98. The molecule has 0 saturated heterocycles. The number of hydrogen-bond acceptors (Lipinski definition) is 3. The molecule has 1 heterocycles. The molecule has 0 aliphatic carbocycles. The molecule has 0 spiro atoms. The third-order valence-electron chi connectivity index (χ3n) is 3.29. The predicted octanol–water partition coefficient (Wildman–Crippen LogP) is 3.26. The van der Waals surface area contributed by atoms with Gasteiger partial charge in [0.2, 0.25) is 0 Å². The first-order valence-electron chi connectivity index (χ1n) is 6.86. The van der Waals surface area contributed by atoms with Crippen molar-refractivity contribution in [1.82, 2.24) is 10.3 Å². The van der Waals surface area contributed by atoms with Crippen molar-refractivity contribution in [2.45, 2.75) is 46.1 Å². The van der Waals surface area contributed by atoms with Gasteiger partial charge in [0.1, 0.15) is 11.8 Å². The number of nitrogens with one attached hydrogen (secondary N) is 1. The summed E-state index contributed by atoms with van der Waals surface area (Å²) in [5, 5.41) is 12.4. The third kappa shape index (κ3) is 4.85. The summed E-state index contributed by atoms with van der Waals surface area (Å²) in [6.45, 7) is 6.23. The smallest absolute Gasteiger partial charge is 0.144 e. The maximum Gasteiger partial charge on any atom is 0.144 e. The molecule has 98 valence electrons. The van der Waals surface area contributed by atoms with Gasteiger partial charge in [-0.2, -0.15) is 5.26 Å². The lowest BCUT2D eigenvalue weighted by atomic mass is 9.99. The molecule has 3 heteroatoms. The van der Waals surface area contributed by atoms with Crippen molar-refractivity contribution >= 4 is 0 Å². The van der Waals surface area contributed by atoms with E-state index in [0.29, 0.717) is 5.69 Å². The molecule has 0 saturated carbocycles. The van der Waals surface area contributed by atoms with Crippen molar-refractivity contribution in [1.29, 1.82) is 5.26 Å². The van der Waals surface area contributed by atoms with Crippen molar-refractivity contribution in [3.63, 3.8) is 0 Å². The second kappa shape index (κ2) is 8.66. The van der Waals surface area contributed by atoms with Gasteiger partial charge in [-0.3, -0.25) is 0 Å². The van der Waals surface area contributed by atoms with Crippen LogP contribution in [-0.2, 0) is 6.54 Å². The van der Waals surface area contributed by atoms with Crippen LogP contribution in [0.5, 0.6) is 0 Å². The van der Waals surface area contributed by atoms with Crippen LogP contribution >= 0.6 is 0 Å². The number of rotatable bonds is 8. The number of nitriles is 1. The van der Waals surface area contributed by atoms with Gasteiger partial charge < -0.3 is 5.32 Å². The second-order valence-electron chi connectivity index (χ2n) is 4.67. The van der Waals surface area contributed by atoms with E-state index in [0.717, 1.165) is 24.6 Å². The first-order valence-corrected chi connectivity index (χ1v) is 6.86. The van der Waals surface area contributed by atoms with E-state index in [1.807, 2.05) is 12.1 Å². The molecular formula is C15H23N3. The number of pyridine rings is 1. The lowest BCUT2D eigenvalue weighted by Gasteiger charge is -2.15. The van der Waals surface area contributed by atoms with Crippen molar-refractivity contribution in [3.8, 4) is 6.07 Å². The summed E-state index contributed by atoms with van der Waals surface area (Å²) in [5.41, 5.74) is 1.52. The Hall–Kier alpha value is -1.40. The number of aromatic nitrogens is 1. The van der Waals surface area contributed by atoms with E-state index in [2.05, 4.69) is 30.2 Å². The summed E-state index contributed by atoms with van der Waals surface area (Å²) < 4.78 is 0. The van der Waals surface area contributed by atoms with Crippen molar-refractivity contribution in [2.75, 3.05) is 6.54 Å². The van der Waals surface area contributed by atoms with Crippen LogP contribution in [0.3, 0.4) is 0 Å². The molecule has 0 aliphatic heterocycles. The monoisotopic (exact) mass is 245 g/mol. The predicted molar refractivity (Wildman–Crippen MR) is 74.0 cm³/mol. The fourth-order valence-corrected chi connectivity index (χ4v) is 2.04. The van der Waals surface area contributed by atoms with Crippen LogP contribution in [-0.4, -0.2) is 11.5 Å². The van der Waals surface area contributed by atoms with E-state index < -0.39 is 0 Å². The highest BCUT2D eigenvalue weighted by atomic mass is 14.9. The molecule has 1 rings (SSSR count). The third-order valence-corrected chi connectivity index (χ3v) is 3.29. The summed E-state index contributed by atoms with van der Waals surface area (Å²) >= 11 is 0. The minimum Gasteiger partial charge on any atom is -0.312 e. The number of unbranched alkanes of at least 4 members (excludes halogenated alkanes) is 1. The zero-order chi connectivity index (χ0) is 13.2. The fourth-order valence-electron chi connectivity index (χ4n) is 2.04. The van der Waals surface area contributed by atoms with E-state index in [1.54, 1.807) is 6.20 Å². The average molecular weight is 245 g/mol. The molecule has 1 unspecified atom stereocenters. The minimum absolute atomic E-state index is 0.534. The van der Waals surface area contributed by atoms with Gasteiger partial charge in [0.25, 0.3) is 0 Å². The van der Waals surface area contributed by atoms with Crippen LogP contribution in [0.15, 0.2) is 18.3 Å². The Kier molecular flexibility index (Phi) is 7.05. The average Bonchev–Trinajstić information content (AvgIpc) is 2.43. The highest BCUT2D eigenvalue weighted by Crippen LogP contribution is 2.11. The molecule has 1 aromatic heterocycles. The van der Waals surface area contributed by atoms with E-state index in [4.69, 9.17) is 5.26 Å². The van der Waals surface area contributed by atoms with Crippen LogP contribution in [0.25, 0.3) is 0 Å². The first-order chi connectivity index (χ1) is 8.81. The van der Waals surface area contributed by atoms with Crippen LogP contribution in [0.4, 0.5) is 0 Å². The molecule has 18 heavy (non-hydrogen) atoms. The maximum absolute atomic E-state index is 8.95. The molecule has 1 N–H and O–H groups in total. The van der Waals surface area contributed by atoms with Gasteiger partial charge in [0, 0.05) is 18.3 Å². The Morgan fingerprint density at radius 3 is 2.94 bits per heavy atom. The molecule has 1 atom stereocenters. The van der Waals surface area contributed by atoms with Crippen LogP contribution in [0, 0.1) is 17.2 Å². The minimum atomic E-state index is 0.534. The molecule has 0 radical (unpaired) electrons. The van der Waals surface area contributed by atoms with Gasteiger partial charge in [-0.25, -0.2) is 4.98 Å². The molecule has 0 bridgehead atoms. The highest BCUT2D eigenvalue weighted by Gasteiger charge is 2.06. The van der Waals surface area contributed by atoms with E-state index in [-0.39, 0.29) is 0 Å². The maximum atomic E-state index is 8.95. The Labute approximate surface area is 110 Å². The van der Waals surface area contributed by atoms with Gasteiger partial charge in [-0.15, -0.1) is 0 Å². The van der Waals surface area contributed by atoms with Crippen LogP contribution in [0.2, 0.25) is 0 Å². The van der Waals surface area contributed by atoms with E-state index >= 15 is 0 Å². The molecule has 0 aliphatic rings. The largest absolute Gasteiger partial charge is 0.312 e. The Morgan fingerprint density at radius 1 is 1.44 bits per heavy atom. The molecular weight excluding hydrogens is 222 g/mol. The SMILES string of the molecule is CCCCC(CC)CNCc1cccnc1C#N. The number of nitrogens with zero attached hydrogens (tertiary/aromatic N) is 2. The summed E-state index contributed by atoms with van der Waals surface area (Å²) in [7, 11) is 0. The fraction of sp³-hybridized carbons (Fsp3) is 0.600. The van der Waals surface area contributed by atoms with Crippen LogP contribution < -0.4 is 5.32 Å². The van der Waals surface area contributed by atoms with E-state index in [9.17, 15) is 0 Å². The number of hydrogen-bond donors (Lipinski definition) is 1. The van der Waals surface area contributed by atoms with Gasteiger partial charge in [-0.05, 0) is 24.9 Å². The normalized spacial score (nSPS) is 12.1. The van der Waals surface area contributed by atoms with Crippen molar-refractivity contribution in [2.24, 2.45) is 5.92 Å². The Balaban J connectivity index is 2.38. The van der Waals surface area contributed by atoms with Gasteiger partial charge >= 0.3 is 0 Å². The lowest BCUT2D eigenvalue weighted by Crippen LogP contribution is -2.22. The molecule has 0 fully saturated rings. The second-order valence-corrected chi connectivity index (χ2v) is 4.67. The van der Waals surface area contributed by atoms with Gasteiger partial charge in [0.05, 0.1) is 0 Å². The molecule has 0 amide bonds. The van der Waals surface area contributed by atoms with Crippen molar-refractivity contribution < 1.29 is 0 Å². The lowest BCUT2D eigenvalue weighted by molar-refractivity contribution is 0.419. The quantitative estimate of drug-likeness (QED) is 0.764. The van der Waals surface area contributed by atoms with Gasteiger partial charge in [0.15, 0.2) is 0 Å². The summed E-state index contributed by atoms with van der Waals surface area (Å²) in [5.74, 6) is 0.743. The Morgan fingerprint density at radius 2 is 2.28 bits per heavy atom. The summed E-state index contributed by atoms with van der Waals surface area (Å²) in [4.78, 5) is 4.06. The molecule has 1 aromatic rings. The molecule has 3 nitrogen and oxygen atoms in total. The summed E-state index contributed by atoms with van der Waals surface area (Å²) in [6.07, 6.45) is 6.73. The topological polar surface area (TPSA) is 48.7 Å². The van der Waals surface area contributed by atoms with Crippen LogP contribution in [0.1, 0.15) is 50.8 Å². The Bertz CT molecular complexity index is 382. The first kappa shape index (κ1) is 14.7. The van der Waals surface area contributed by atoms with E-state index in [1.165, 1.54) is 25.7 Å².